The predicted molar refractivity (Wildman–Crippen MR) is 55.2 cm³/mol. The summed E-state index contributed by atoms with van der Waals surface area (Å²) < 4.78 is 0. The zero-order valence-corrected chi connectivity index (χ0v) is 8.92. The lowest BCUT2D eigenvalue weighted by Crippen LogP contribution is -2.35. The van der Waals surface area contributed by atoms with Crippen LogP contribution in [0.2, 0.25) is 0 Å². The van der Waals surface area contributed by atoms with E-state index in [2.05, 4.69) is 10.2 Å². The average Bonchev–Trinajstić information content (AvgIpc) is 2.15. The molecule has 0 spiro atoms. The number of rotatable bonds is 1. The van der Waals surface area contributed by atoms with E-state index < -0.39 is 11.5 Å². The Bertz CT molecular complexity index is 430. The van der Waals surface area contributed by atoms with Gasteiger partial charge >= 0.3 is 0 Å². The van der Waals surface area contributed by atoms with E-state index in [1.165, 1.54) is 6.07 Å². The van der Waals surface area contributed by atoms with Gasteiger partial charge in [-0.15, -0.1) is 0 Å². The second-order valence-corrected chi connectivity index (χ2v) is 4.22. The number of H-pyrrole nitrogens is 1. The van der Waals surface area contributed by atoms with E-state index in [0.29, 0.717) is 5.69 Å². The van der Waals surface area contributed by atoms with Crippen LogP contribution in [0.1, 0.15) is 36.8 Å². The molecule has 0 aliphatic carbocycles. The van der Waals surface area contributed by atoms with Crippen LogP contribution in [0.5, 0.6) is 0 Å². The number of hydrogen-bond donors (Lipinski definition) is 3. The van der Waals surface area contributed by atoms with Crippen molar-refractivity contribution in [2.24, 2.45) is 5.84 Å². The number of hydrazine groups is 1. The van der Waals surface area contributed by atoms with Gasteiger partial charge in [0.25, 0.3) is 11.5 Å². The smallest absolute Gasteiger partial charge is 0.277 e. The van der Waals surface area contributed by atoms with Crippen molar-refractivity contribution in [1.29, 1.82) is 0 Å². The number of amides is 1. The minimum Gasteiger partial charge on any atom is -0.290 e. The van der Waals surface area contributed by atoms with Crippen molar-refractivity contribution < 1.29 is 4.79 Å². The summed E-state index contributed by atoms with van der Waals surface area (Å²) >= 11 is 0. The molecule has 4 N–H and O–H groups in total. The molecule has 0 aromatic carbocycles. The molecule has 0 aliphatic rings. The quantitative estimate of drug-likeness (QED) is 0.335. The highest BCUT2D eigenvalue weighted by atomic mass is 16.2. The number of nitrogens with zero attached hydrogens (tertiary/aromatic N) is 1. The fraction of sp³-hybridized carbons (Fsp3) is 0.444. The maximum atomic E-state index is 11.3. The summed E-state index contributed by atoms with van der Waals surface area (Å²) in [5, 5.41) is 6.14. The second-order valence-electron chi connectivity index (χ2n) is 4.22. The summed E-state index contributed by atoms with van der Waals surface area (Å²) in [4.78, 5) is 22.5. The Kier molecular flexibility index (Phi) is 2.90. The van der Waals surface area contributed by atoms with Gasteiger partial charge in [-0.05, 0) is 6.07 Å². The third-order valence-corrected chi connectivity index (χ3v) is 1.95. The maximum absolute atomic E-state index is 11.3. The van der Waals surface area contributed by atoms with Crippen LogP contribution in [0.3, 0.4) is 0 Å². The number of hydrogen-bond acceptors (Lipinski definition) is 4. The summed E-state index contributed by atoms with van der Waals surface area (Å²) in [6.07, 6.45) is 0. The van der Waals surface area contributed by atoms with E-state index in [1.54, 1.807) is 0 Å². The molecule has 0 radical (unpaired) electrons. The van der Waals surface area contributed by atoms with Crippen LogP contribution in [0.4, 0.5) is 0 Å². The second kappa shape index (κ2) is 3.82. The van der Waals surface area contributed by atoms with E-state index in [1.807, 2.05) is 26.2 Å². The molecule has 0 aliphatic heterocycles. The van der Waals surface area contributed by atoms with Crippen molar-refractivity contribution in [1.82, 2.24) is 15.6 Å². The van der Waals surface area contributed by atoms with Gasteiger partial charge in [0.05, 0.1) is 5.69 Å². The molecule has 1 heterocycles. The van der Waals surface area contributed by atoms with Crippen LogP contribution < -0.4 is 16.8 Å². The summed E-state index contributed by atoms with van der Waals surface area (Å²) in [6, 6.07) is 1.45. The fourth-order valence-corrected chi connectivity index (χ4v) is 1.04. The monoisotopic (exact) mass is 210 g/mol. The lowest BCUT2D eigenvalue weighted by Gasteiger charge is -2.17. The Hall–Kier alpha value is -1.69. The third-order valence-electron chi connectivity index (χ3n) is 1.95. The van der Waals surface area contributed by atoms with Crippen LogP contribution in [0.25, 0.3) is 0 Å². The first-order valence-electron chi connectivity index (χ1n) is 4.47. The number of aromatic amines is 1. The van der Waals surface area contributed by atoms with Crippen molar-refractivity contribution in [3.8, 4) is 0 Å². The summed E-state index contributed by atoms with van der Waals surface area (Å²) in [6.45, 7) is 5.79. The normalized spacial score (nSPS) is 11.2. The standard InChI is InChI=1S/C9H14N4O2/c1-9(2,3)6-4-5(7(14)11-10)8(15)13-12-6/h4H,10H2,1-3H3,(H,11,14)(H,13,15). The largest absolute Gasteiger partial charge is 0.290 e. The molecule has 82 valence electrons. The van der Waals surface area contributed by atoms with E-state index >= 15 is 0 Å². The highest BCUT2D eigenvalue weighted by molar-refractivity contribution is 5.93. The van der Waals surface area contributed by atoms with Crippen molar-refractivity contribution in [2.75, 3.05) is 0 Å². The minimum atomic E-state index is -0.621. The Morgan fingerprint density at radius 2 is 2.13 bits per heavy atom. The van der Waals surface area contributed by atoms with Gasteiger partial charge in [0.1, 0.15) is 5.56 Å². The molecule has 0 fully saturated rings. The molecule has 1 rings (SSSR count). The third kappa shape index (κ3) is 2.41. The molecule has 0 atom stereocenters. The van der Waals surface area contributed by atoms with Crippen LogP contribution in [0.15, 0.2) is 10.9 Å². The summed E-state index contributed by atoms with van der Waals surface area (Å²) in [5.41, 5.74) is 1.72. The number of carbonyl (C=O) groups excluding carboxylic acids is 1. The maximum Gasteiger partial charge on any atom is 0.277 e. The van der Waals surface area contributed by atoms with E-state index in [4.69, 9.17) is 5.84 Å². The Morgan fingerprint density at radius 3 is 2.60 bits per heavy atom. The topological polar surface area (TPSA) is 101 Å². The molecular formula is C9H14N4O2. The number of aromatic nitrogens is 2. The summed E-state index contributed by atoms with van der Waals surface area (Å²) in [5.74, 6) is 4.34. The number of carbonyl (C=O) groups is 1. The molecule has 0 unspecified atom stereocenters. The fourth-order valence-electron chi connectivity index (χ4n) is 1.04. The molecule has 15 heavy (non-hydrogen) atoms. The van der Waals surface area contributed by atoms with Gasteiger partial charge in [-0.2, -0.15) is 5.10 Å². The van der Waals surface area contributed by atoms with Crippen molar-refractivity contribution in [3.63, 3.8) is 0 Å². The van der Waals surface area contributed by atoms with Gasteiger partial charge in [0.15, 0.2) is 0 Å². The molecule has 0 saturated carbocycles. The SMILES string of the molecule is CC(C)(C)c1cc(C(=O)NN)c(=O)[nH]n1. The predicted octanol–water partition coefficient (Wildman–Crippen LogP) is -0.329. The van der Waals surface area contributed by atoms with Gasteiger partial charge < -0.3 is 0 Å². The first kappa shape index (κ1) is 11.4. The Labute approximate surface area is 86.8 Å². The van der Waals surface area contributed by atoms with Crippen LogP contribution in [-0.2, 0) is 5.41 Å². The molecule has 0 saturated heterocycles. The first-order chi connectivity index (χ1) is 6.86. The average molecular weight is 210 g/mol. The van der Waals surface area contributed by atoms with E-state index in [0.717, 1.165) is 0 Å². The highest BCUT2D eigenvalue weighted by Gasteiger charge is 2.19. The molecule has 1 aromatic heterocycles. The first-order valence-corrected chi connectivity index (χ1v) is 4.47. The van der Waals surface area contributed by atoms with Crippen LogP contribution in [-0.4, -0.2) is 16.1 Å². The summed E-state index contributed by atoms with van der Waals surface area (Å²) in [7, 11) is 0. The van der Waals surface area contributed by atoms with Crippen molar-refractivity contribution in [2.45, 2.75) is 26.2 Å². The number of nitrogens with one attached hydrogen (secondary N) is 2. The lowest BCUT2D eigenvalue weighted by atomic mass is 9.91. The van der Waals surface area contributed by atoms with Crippen LogP contribution >= 0.6 is 0 Å². The molecule has 1 amide bonds. The van der Waals surface area contributed by atoms with Crippen LogP contribution in [0, 0.1) is 0 Å². The minimum absolute atomic E-state index is 0.0302. The lowest BCUT2D eigenvalue weighted by molar-refractivity contribution is 0.0951. The van der Waals surface area contributed by atoms with Crippen molar-refractivity contribution >= 4 is 5.91 Å². The Balaban J connectivity index is 3.29. The zero-order chi connectivity index (χ0) is 11.6. The zero-order valence-electron chi connectivity index (χ0n) is 8.92. The van der Waals surface area contributed by atoms with Gasteiger partial charge in [-0.1, -0.05) is 20.8 Å². The molecule has 1 aromatic rings. The molecule has 0 bridgehead atoms. The number of nitrogen functional groups attached to an aromatic ring is 1. The highest BCUT2D eigenvalue weighted by Crippen LogP contribution is 2.18. The Morgan fingerprint density at radius 1 is 1.53 bits per heavy atom. The van der Waals surface area contributed by atoms with Gasteiger partial charge in [0, 0.05) is 5.41 Å². The molecule has 6 heteroatoms. The van der Waals surface area contributed by atoms with Crippen molar-refractivity contribution in [3.05, 3.63) is 27.7 Å². The van der Waals surface area contributed by atoms with Gasteiger partial charge in [-0.25, -0.2) is 10.9 Å². The van der Waals surface area contributed by atoms with Gasteiger partial charge in [-0.3, -0.25) is 15.0 Å². The van der Waals surface area contributed by atoms with E-state index in [-0.39, 0.29) is 11.0 Å². The number of nitrogens with two attached hydrogens (primary N) is 1. The van der Waals surface area contributed by atoms with E-state index in [9.17, 15) is 9.59 Å². The molecular weight excluding hydrogens is 196 g/mol. The molecule has 6 nitrogen and oxygen atoms in total. The van der Waals surface area contributed by atoms with Gasteiger partial charge in [0.2, 0.25) is 0 Å².